The molecule has 4 heterocycles. The van der Waals surface area contributed by atoms with Crippen molar-refractivity contribution in [3.05, 3.63) is 47.8 Å². The largest absolute Gasteiger partial charge is 0.348 e. The third kappa shape index (κ3) is 2.50. The second-order valence-electron chi connectivity index (χ2n) is 6.74. The Bertz CT molecular complexity index is 925. The number of carbonyl (C=O) groups excluding carboxylic acids is 1. The number of carbonyl (C=O) groups is 1. The molecule has 1 aliphatic rings. The highest BCUT2D eigenvalue weighted by atomic mass is 16.2. The lowest BCUT2D eigenvalue weighted by molar-refractivity contribution is 0.0611. The first kappa shape index (κ1) is 15.8. The lowest BCUT2D eigenvalue weighted by atomic mass is 10.1. The van der Waals surface area contributed by atoms with Crippen molar-refractivity contribution in [2.24, 2.45) is 0 Å². The number of hydrogen-bond donors (Lipinski definition) is 0. The highest BCUT2D eigenvalue weighted by molar-refractivity contribution is 5.93. The van der Waals surface area contributed by atoms with Crippen molar-refractivity contribution >= 4 is 11.7 Å². The number of nitrogens with zero attached hydrogens (tertiary/aromatic N) is 6. The second kappa shape index (κ2) is 5.98. The molecule has 3 aromatic heterocycles. The van der Waals surface area contributed by atoms with Gasteiger partial charge in [-0.15, -0.1) is 0 Å². The highest BCUT2D eigenvalue weighted by Gasteiger charge is 2.31. The minimum absolute atomic E-state index is 0.0355. The number of hydrogen-bond acceptors (Lipinski definition) is 4. The molecule has 1 unspecified atom stereocenters. The molecule has 1 atom stereocenters. The molecule has 0 radical (unpaired) electrons. The average molecular weight is 338 g/mol. The molecular formula is C18H22N6O. The van der Waals surface area contributed by atoms with Gasteiger partial charge in [0, 0.05) is 25.0 Å². The molecule has 0 aromatic carbocycles. The predicted octanol–water partition coefficient (Wildman–Crippen LogP) is 2.66. The van der Waals surface area contributed by atoms with Gasteiger partial charge in [0.15, 0.2) is 0 Å². The summed E-state index contributed by atoms with van der Waals surface area (Å²) in [6, 6.07) is 6.08. The molecule has 4 rings (SSSR count). The van der Waals surface area contributed by atoms with Crippen LogP contribution in [0.15, 0.2) is 30.7 Å². The van der Waals surface area contributed by atoms with Gasteiger partial charge in [-0.3, -0.25) is 4.79 Å². The molecule has 25 heavy (non-hydrogen) atoms. The number of fused-ring (bicyclic) bond motifs is 2. The van der Waals surface area contributed by atoms with Crippen LogP contribution in [0.3, 0.4) is 0 Å². The molecular weight excluding hydrogens is 316 g/mol. The Morgan fingerprint density at radius 3 is 2.96 bits per heavy atom. The minimum Gasteiger partial charge on any atom is -0.348 e. The summed E-state index contributed by atoms with van der Waals surface area (Å²) in [7, 11) is 0. The quantitative estimate of drug-likeness (QED) is 0.736. The van der Waals surface area contributed by atoms with Crippen LogP contribution < -0.4 is 0 Å². The van der Waals surface area contributed by atoms with Crippen LogP contribution in [0.1, 0.15) is 61.0 Å². The molecule has 0 fully saturated rings. The molecule has 0 N–H and O–H groups in total. The normalized spacial score (nSPS) is 17.3. The fourth-order valence-corrected chi connectivity index (χ4v) is 3.64. The molecule has 3 aromatic rings. The third-order valence-electron chi connectivity index (χ3n) is 4.90. The van der Waals surface area contributed by atoms with E-state index < -0.39 is 0 Å². The van der Waals surface area contributed by atoms with E-state index in [9.17, 15) is 4.79 Å². The maximum Gasteiger partial charge on any atom is 0.273 e. The summed E-state index contributed by atoms with van der Waals surface area (Å²) in [5, 5.41) is 4.22. The van der Waals surface area contributed by atoms with E-state index in [0.29, 0.717) is 18.0 Å². The van der Waals surface area contributed by atoms with Gasteiger partial charge in [-0.05, 0) is 30.5 Å². The van der Waals surface area contributed by atoms with Gasteiger partial charge in [-0.2, -0.15) is 10.1 Å². The highest BCUT2D eigenvalue weighted by Crippen LogP contribution is 2.30. The van der Waals surface area contributed by atoms with Crippen molar-refractivity contribution in [3.63, 3.8) is 0 Å². The van der Waals surface area contributed by atoms with Gasteiger partial charge in [0.2, 0.25) is 0 Å². The Morgan fingerprint density at radius 2 is 2.20 bits per heavy atom. The summed E-state index contributed by atoms with van der Waals surface area (Å²) in [5.41, 5.74) is 2.58. The summed E-state index contributed by atoms with van der Waals surface area (Å²) >= 11 is 0. The lowest BCUT2D eigenvalue weighted by Crippen LogP contribution is -2.42. The molecule has 0 spiro atoms. The number of amides is 1. The Balaban J connectivity index is 1.75. The molecule has 7 nitrogen and oxygen atoms in total. The van der Waals surface area contributed by atoms with Crippen LogP contribution in [-0.4, -0.2) is 41.5 Å². The van der Waals surface area contributed by atoms with E-state index in [0.717, 1.165) is 18.7 Å². The zero-order valence-corrected chi connectivity index (χ0v) is 14.8. The first-order valence-electron chi connectivity index (χ1n) is 8.76. The van der Waals surface area contributed by atoms with Crippen molar-refractivity contribution < 1.29 is 4.79 Å². The maximum atomic E-state index is 13.2. The van der Waals surface area contributed by atoms with Gasteiger partial charge in [0.25, 0.3) is 11.7 Å². The van der Waals surface area contributed by atoms with Gasteiger partial charge in [0.1, 0.15) is 12.0 Å². The third-order valence-corrected chi connectivity index (χ3v) is 4.90. The van der Waals surface area contributed by atoms with Crippen molar-refractivity contribution in [3.8, 4) is 0 Å². The van der Waals surface area contributed by atoms with Gasteiger partial charge in [0.05, 0.1) is 11.7 Å². The van der Waals surface area contributed by atoms with E-state index in [2.05, 4.69) is 52.7 Å². The summed E-state index contributed by atoms with van der Waals surface area (Å²) in [6.45, 7) is 7.77. The molecule has 1 aliphatic heterocycles. The Morgan fingerprint density at radius 1 is 1.36 bits per heavy atom. The van der Waals surface area contributed by atoms with Gasteiger partial charge in [-0.25, -0.2) is 9.50 Å². The number of rotatable bonds is 3. The minimum atomic E-state index is -0.0355. The first-order chi connectivity index (χ1) is 12.1. The van der Waals surface area contributed by atoms with E-state index in [-0.39, 0.29) is 17.9 Å². The van der Waals surface area contributed by atoms with Crippen LogP contribution in [0.2, 0.25) is 0 Å². The molecule has 0 saturated heterocycles. The molecule has 0 aliphatic carbocycles. The van der Waals surface area contributed by atoms with Crippen LogP contribution in [0, 0.1) is 0 Å². The van der Waals surface area contributed by atoms with E-state index in [4.69, 9.17) is 0 Å². The lowest BCUT2D eigenvalue weighted by Gasteiger charge is -2.36. The Hall–Kier alpha value is -2.70. The second-order valence-corrected chi connectivity index (χ2v) is 6.74. The van der Waals surface area contributed by atoms with E-state index in [1.807, 2.05) is 17.0 Å². The Labute approximate surface area is 146 Å². The van der Waals surface area contributed by atoms with Crippen LogP contribution in [0.5, 0.6) is 0 Å². The summed E-state index contributed by atoms with van der Waals surface area (Å²) in [5.74, 6) is 0.661. The molecule has 1 amide bonds. The zero-order valence-electron chi connectivity index (χ0n) is 14.8. The van der Waals surface area contributed by atoms with E-state index in [1.54, 1.807) is 4.52 Å². The fourth-order valence-electron chi connectivity index (χ4n) is 3.64. The summed E-state index contributed by atoms with van der Waals surface area (Å²) in [6.07, 6.45) is 4.43. The molecule has 130 valence electrons. The van der Waals surface area contributed by atoms with E-state index >= 15 is 0 Å². The maximum absolute atomic E-state index is 13.2. The Kier molecular flexibility index (Phi) is 3.78. The van der Waals surface area contributed by atoms with Crippen molar-refractivity contribution in [1.29, 1.82) is 0 Å². The van der Waals surface area contributed by atoms with Gasteiger partial charge in [-0.1, -0.05) is 20.8 Å². The van der Waals surface area contributed by atoms with Crippen molar-refractivity contribution in [2.75, 3.05) is 6.54 Å². The zero-order chi connectivity index (χ0) is 17.6. The van der Waals surface area contributed by atoms with Gasteiger partial charge < -0.3 is 9.47 Å². The topological polar surface area (TPSA) is 68.3 Å². The summed E-state index contributed by atoms with van der Waals surface area (Å²) < 4.78 is 3.94. The van der Waals surface area contributed by atoms with E-state index in [1.165, 1.54) is 12.0 Å². The molecule has 0 bridgehead atoms. The molecule has 0 saturated carbocycles. The predicted molar refractivity (Wildman–Crippen MR) is 93.4 cm³/mol. The monoisotopic (exact) mass is 338 g/mol. The standard InChI is InChI=1S/C18H22N6O/c1-4-14-15-6-5-7-22(15)8-9-23(14)17(25)13-10-16(12(2)3)24-18(21-13)19-11-20-24/h5-7,10-12,14H,4,8-9H2,1-3H3. The van der Waals surface area contributed by atoms with Crippen LogP contribution in [-0.2, 0) is 6.54 Å². The molecule has 7 heteroatoms. The van der Waals surface area contributed by atoms with Crippen LogP contribution >= 0.6 is 0 Å². The van der Waals surface area contributed by atoms with Crippen LogP contribution in [0.4, 0.5) is 0 Å². The van der Waals surface area contributed by atoms with Crippen molar-refractivity contribution in [1.82, 2.24) is 29.0 Å². The average Bonchev–Trinajstić information content (AvgIpc) is 3.27. The fraction of sp³-hybridized carbons (Fsp3) is 0.444. The number of aromatic nitrogens is 5. The van der Waals surface area contributed by atoms with Crippen molar-refractivity contribution in [2.45, 2.75) is 45.7 Å². The van der Waals surface area contributed by atoms with Crippen LogP contribution in [0.25, 0.3) is 5.78 Å². The SMILES string of the molecule is CCC1c2cccn2CCN1C(=O)c1cc(C(C)C)n2ncnc2n1. The summed E-state index contributed by atoms with van der Waals surface area (Å²) in [4.78, 5) is 23.8. The first-order valence-corrected chi connectivity index (χ1v) is 8.76. The van der Waals surface area contributed by atoms with Gasteiger partial charge >= 0.3 is 0 Å². The smallest absolute Gasteiger partial charge is 0.273 e.